The Morgan fingerprint density at radius 3 is 2.12 bits per heavy atom. The molecule has 0 bridgehead atoms. The lowest BCUT2D eigenvalue weighted by atomic mass is 9.94. The van der Waals surface area contributed by atoms with Gasteiger partial charge in [-0.15, -0.1) is 6.58 Å². The zero-order valence-corrected chi connectivity index (χ0v) is 6.15. The molecule has 0 heteroatoms. The Morgan fingerprint density at radius 1 is 1.50 bits per heavy atom. The zero-order chi connectivity index (χ0) is 6.57. The molecule has 0 fully saturated rings. The first kappa shape index (κ1) is 7.74. The van der Waals surface area contributed by atoms with Crippen LogP contribution >= 0.6 is 0 Å². The van der Waals surface area contributed by atoms with E-state index in [1.807, 2.05) is 6.08 Å². The third kappa shape index (κ3) is 2.15. The van der Waals surface area contributed by atoms with Crippen molar-refractivity contribution in [2.24, 2.45) is 11.8 Å². The number of hydrogen-bond donors (Lipinski definition) is 0. The summed E-state index contributed by atoms with van der Waals surface area (Å²) >= 11 is 0. The van der Waals surface area contributed by atoms with Gasteiger partial charge in [-0.3, -0.25) is 0 Å². The average molecular weight is 112 g/mol. The standard InChI is InChI=1S/C8H16/c1-5-7(3)8(4)6-2/h5,7-8H,1,6H2,2-4H3/t7-,8+/m0/s1. The van der Waals surface area contributed by atoms with Gasteiger partial charge in [0, 0.05) is 0 Å². The molecule has 0 amide bonds. The predicted molar refractivity (Wildman–Crippen MR) is 38.8 cm³/mol. The Labute approximate surface area is 52.6 Å². The fourth-order valence-electron chi connectivity index (χ4n) is 0.604. The molecule has 0 aliphatic carbocycles. The summed E-state index contributed by atoms with van der Waals surface area (Å²) in [6.07, 6.45) is 3.28. The Bertz CT molecular complexity index is 64.4. The summed E-state index contributed by atoms with van der Waals surface area (Å²) in [7, 11) is 0. The van der Waals surface area contributed by atoms with Crippen molar-refractivity contribution in [3.05, 3.63) is 12.7 Å². The first-order valence-electron chi connectivity index (χ1n) is 3.34. The molecule has 0 aliphatic heterocycles. The Hall–Kier alpha value is -0.260. The minimum Gasteiger partial charge on any atom is -0.103 e. The van der Waals surface area contributed by atoms with Gasteiger partial charge in [-0.25, -0.2) is 0 Å². The highest BCUT2D eigenvalue weighted by atomic mass is 14.1. The van der Waals surface area contributed by atoms with E-state index in [1.54, 1.807) is 0 Å². The molecule has 0 saturated carbocycles. The van der Waals surface area contributed by atoms with Crippen molar-refractivity contribution in [1.29, 1.82) is 0 Å². The zero-order valence-electron chi connectivity index (χ0n) is 6.15. The van der Waals surface area contributed by atoms with Gasteiger partial charge in [0.1, 0.15) is 0 Å². The normalized spacial score (nSPS) is 17.4. The summed E-state index contributed by atoms with van der Waals surface area (Å²) in [5.74, 6) is 1.48. The Kier molecular flexibility index (Phi) is 3.59. The molecule has 0 nitrogen and oxygen atoms in total. The fraction of sp³-hybridized carbons (Fsp3) is 0.750. The molecule has 2 atom stereocenters. The smallest absolute Gasteiger partial charge is 0.0239 e. The van der Waals surface area contributed by atoms with Crippen LogP contribution in [-0.2, 0) is 0 Å². The lowest BCUT2D eigenvalue weighted by molar-refractivity contribution is 0.447. The van der Waals surface area contributed by atoms with Crippen LogP contribution in [-0.4, -0.2) is 0 Å². The van der Waals surface area contributed by atoms with Crippen LogP contribution in [0.4, 0.5) is 0 Å². The van der Waals surface area contributed by atoms with Gasteiger partial charge in [0.05, 0.1) is 0 Å². The maximum atomic E-state index is 3.73. The second kappa shape index (κ2) is 3.71. The van der Waals surface area contributed by atoms with E-state index < -0.39 is 0 Å². The van der Waals surface area contributed by atoms with Crippen LogP contribution in [0.5, 0.6) is 0 Å². The van der Waals surface area contributed by atoms with E-state index in [1.165, 1.54) is 6.42 Å². The summed E-state index contributed by atoms with van der Waals surface area (Å²) < 4.78 is 0. The lowest BCUT2D eigenvalue weighted by Gasteiger charge is -2.12. The second-order valence-corrected chi connectivity index (χ2v) is 2.48. The Balaban J connectivity index is 3.44. The molecule has 0 spiro atoms. The molecule has 0 radical (unpaired) electrons. The van der Waals surface area contributed by atoms with E-state index in [-0.39, 0.29) is 0 Å². The topological polar surface area (TPSA) is 0 Å². The number of rotatable bonds is 3. The molecule has 0 aromatic carbocycles. The molecular formula is C8H16. The maximum Gasteiger partial charge on any atom is -0.0239 e. The number of hydrogen-bond acceptors (Lipinski definition) is 0. The van der Waals surface area contributed by atoms with Gasteiger partial charge >= 0.3 is 0 Å². The van der Waals surface area contributed by atoms with E-state index in [0.717, 1.165) is 5.92 Å². The fourth-order valence-corrected chi connectivity index (χ4v) is 0.604. The molecule has 0 aromatic rings. The monoisotopic (exact) mass is 112 g/mol. The largest absolute Gasteiger partial charge is 0.103 e. The van der Waals surface area contributed by atoms with Crippen LogP contribution in [0.2, 0.25) is 0 Å². The van der Waals surface area contributed by atoms with Crippen molar-refractivity contribution in [1.82, 2.24) is 0 Å². The number of allylic oxidation sites excluding steroid dienone is 1. The Morgan fingerprint density at radius 2 is 2.00 bits per heavy atom. The molecule has 0 saturated heterocycles. The van der Waals surface area contributed by atoms with E-state index in [2.05, 4.69) is 27.4 Å². The molecule has 48 valence electrons. The van der Waals surface area contributed by atoms with Gasteiger partial charge in [0.25, 0.3) is 0 Å². The van der Waals surface area contributed by atoms with Gasteiger partial charge in [-0.2, -0.15) is 0 Å². The third-order valence-corrected chi connectivity index (χ3v) is 1.91. The average Bonchev–Trinajstić information content (AvgIpc) is 1.84. The van der Waals surface area contributed by atoms with Gasteiger partial charge in [0.2, 0.25) is 0 Å². The third-order valence-electron chi connectivity index (χ3n) is 1.91. The van der Waals surface area contributed by atoms with Crippen LogP contribution in [0.3, 0.4) is 0 Å². The summed E-state index contributed by atoms with van der Waals surface area (Å²) in [6, 6.07) is 0. The van der Waals surface area contributed by atoms with Crippen molar-refractivity contribution in [2.45, 2.75) is 27.2 Å². The molecule has 8 heavy (non-hydrogen) atoms. The summed E-state index contributed by atoms with van der Waals surface area (Å²) in [5, 5.41) is 0. The maximum absolute atomic E-state index is 3.73. The molecule has 0 N–H and O–H groups in total. The lowest BCUT2D eigenvalue weighted by Crippen LogP contribution is -2.01. The van der Waals surface area contributed by atoms with Crippen molar-refractivity contribution in [2.75, 3.05) is 0 Å². The predicted octanol–water partition coefficient (Wildman–Crippen LogP) is 2.85. The molecule has 0 unspecified atom stereocenters. The van der Waals surface area contributed by atoms with Crippen molar-refractivity contribution in [3.8, 4) is 0 Å². The van der Waals surface area contributed by atoms with Crippen molar-refractivity contribution < 1.29 is 0 Å². The molecule has 0 heterocycles. The van der Waals surface area contributed by atoms with Gasteiger partial charge in [-0.05, 0) is 11.8 Å². The van der Waals surface area contributed by atoms with Crippen LogP contribution in [0, 0.1) is 11.8 Å². The molecule has 0 aliphatic rings. The molecular weight excluding hydrogens is 96.1 g/mol. The van der Waals surface area contributed by atoms with E-state index in [4.69, 9.17) is 0 Å². The highest BCUT2D eigenvalue weighted by Gasteiger charge is 2.03. The summed E-state index contributed by atoms with van der Waals surface area (Å²) in [5.41, 5.74) is 0. The first-order chi connectivity index (χ1) is 3.72. The first-order valence-corrected chi connectivity index (χ1v) is 3.34. The highest BCUT2D eigenvalue weighted by Crippen LogP contribution is 2.13. The second-order valence-electron chi connectivity index (χ2n) is 2.48. The van der Waals surface area contributed by atoms with Crippen LogP contribution in [0.1, 0.15) is 27.2 Å². The minimum absolute atomic E-state index is 0.681. The van der Waals surface area contributed by atoms with Crippen LogP contribution < -0.4 is 0 Å². The van der Waals surface area contributed by atoms with E-state index in [9.17, 15) is 0 Å². The SMILES string of the molecule is C=C[C@H](C)[C@H](C)CC. The van der Waals surface area contributed by atoms with Crippen LogP contribution in [0.25, 0.3) is 0 Å². The van der Waals surface area contributed by atoms with Crippen molar-refractivity contribution >= 4 is 0 Å². The minimum atomic E-state index is 0.681. The highest BCUT2D eigenvalue weighted by molar-refractivity contribution is 4.78. The van der Waals surface area contributed by atoms with Gasteiger partial charge in [-0.1, -0.05) is 33.3 Å². The summed E-state index contributed by atoms with van der Waals surface area (Å²) in [4.78, 5) is 0. The summed E-state index contributed by atoms with van der Waals surface area (Å²) in [6.45, 7) is 10.4. The van der Waals surface area contributed by atoms with E-state index >= 15 is 0 Å². The van der Waals surface area contributed by atoms with Crippen LogP contribution in [0.15, 0.2) is 12.7 Å². The van der Waals surface area contributed by atoms with Gasteiger partial charge < -0.3 is 0 Å². The quantitative estimate of drug-likeness (QED) is 0.492. The van der Waals surface area contributed by atoms with Crippen molar-refractivity contribution in [3.63, 3.8) is 0 Å². The molecule has 0 rings (SSSR count). The molecule has 0 aromatic heterocycles. The van der Waals surface area contributed by atoms with Gasteiger partial charge in [0.15, 0.2) is 0 Å². The van der Waals surface area contributed by atoms with E-state index in [0.29, 0.717) is 5.92 Å².